The van der Waals surface area contributed by atoms with Gasteiger partial charge in [0.1, 0.15) is 53.5 Å². The number of aliphatic hydroxyl groups is 2. The third-order valence-corrected chi connectivity index (χ3v) is 8.31. The van der Waals surface area contributed by atoms with E-state index in [9.17, 15) is 30.2 Å². The zero-order valence-electron chi connectivity index (χ0n) is 19.0. The van der Waals surface area contributed by atoms with Gasteiger partial charge in [-0.1, -0.05) is 12.1 Å². The van der Waals surface area contributed by atoms with Crippen LogP contribution in [0.5, 0.6) is 0 Å². The number of hydrogen-bond donors (Lipinski definition) is 5. The Labute approximate surface area is 207 Å². The molecule has 14 nitrogen and oxygen atoms in total. The Hall–Kier alpha value is -3.37. The smallest absolute Gasteiger partial charge is 0.320 e. The molecule has 1 aromatic carbocycles. The zero-order valence-corrected chi connectivity index (χ0v) is 19.8. The summed E-state index contributed by atoms with van der Waals surface area (Å²) < 4.78 is 7.49. The maximum Gasteiger partial charge on any atom is 0.320 e. The number of rotatable bonds is 10. The van der Waals surface area contributed by atoms with Gasteiger partial charge in [-0.25, -0.2) is 15.0 Å². The van der Waals surface area contributed by atoms with Crippen molar-refractivity contribution in [3.05, 3.63) is 52.6 Å². The maximum absolute atomic E-state index is 11.5. The number of para-hydroxylation sites is 1. The van der Waals surface area contributed by atoms with Crippen molar-refractivity contribution >= 4 is 39.5 Å². The standard InChI is InChI=1S/C21H25N7O7S/c22-12(21(31)32)5-6-36(7-11-3-1-2-4-13(11)28(33)34)8-14-16(29)17(30)20(35-14)27-10-26-15-18(23)24-9-25-19(15)27/h1-4,9-10,12,14,16-17,20,29-30H,5-8,22H2,(H2-,23,24,25,31,32)/p+1/t12-,14-,16-,17-,20-,36?/m1/s1. The number of nitrogens with zero attached hydrogens (tertiary/aromatic N) is 5. The van der Waals surface area contributed by atoms with Crippen LogP contribution in [0.1, 0.15) is 18.2 Å². The Morgan fingerprint density at radius 2 is 2.00 bits per heavy atom. The van der Waals surface area contributed by atoms with Crippen LogP contribution in [0.15, 0.2) is 36.9 Å². The summed E-state index contributed by atoms with van der Waals surface area (Å²) in [5, 5.41) is 42.2. The number of nitrogens with two attached hydrogens (primary N) is 2. The van der Waals surface area contributed by atoms with Crippen molar-refractivity contribution in [2.75, 3.05) is 17.2 Å². The number of carbonyl (C=O) groups is 1. The molecule has 15 heteroatoms. The number of nitrogen functional groups attached to an aromatic ring is 1. The number of fused-ring (bicyclic) bond motifs is 1. The van der Waals surface area contributed by atoms with Gasteiger partial charge in [0, 0.05) is 12.5 Å². The van der Waals surface area contributed by atoms with Gasteiger partial charge in [0.15, 0.2) is 17.7 Å². The summed E-state index contributed by atoms with van der Waals surface area (Å²) in [5.74, 6) is -0.176. The summed E-state index contributed by atoms with van der Waals surface area (Å²) in [5.41, 5.74) is 12.6. The number of carboxylic acid groups (broad SMARTS) is 1. The van der Waals surface area contributed by atoms with E-state index in [-0.39, 0.29) is 29.4 Å². The molecule has 4 rings (SSSR count). The molecule has 1 saturated heterocycles. The molecule has 1 unspecified atom stereocenters. The lowest BCUT2D eigenvalue weighted by Gasteiger charge is -2.17. The van der Waals surface area contributed by atoms with E-state index in [1.807, 2.05) is 0 Å². The van der Waals surface area contributed by atoms with Gasteiger partial charge < -0.3 is 31.5 Å². The summed E-state index contributed by atoms with van der Waals surface area (Å²) in [6, 6.07) is 5.20. The number of aliphatic carboxylic acids is 1. The average Bonchev–Trinajstić information content (AvgIpc) is 3.39. The van der Waals surface area contributed by atoms with E-state index in [2.05, 4.69) is 15.0 Å². The molecule has 2 aromatic heterocycles. The highest BCUT2D eigenvalue weighted by atomic mass is 32.2. The van der Waals surface area contributed by atoms with E-state index >= 15 is 0 Å². The number of hydrogen-bond acceptors (Lipinski definition) is 11. The second kappa shape index (κ2) is 10.7. The number of benzene rings is 1. The van der Waals surface area contributed by atoms with Crippen LogP contribution in [0, 0.1) is 10.1 Å². The highest BCUT2D eigenvalue weighted by molar-refractivity contribution is 7.96. The summed E-state index contributed by atoms with van der Waals surface area (Å²) in [4.78, 5) is 34.4. The topological polar surface area (TPSA) is 226 Å². The molecular formula is C21H26N7O7S+. The van der Waals surface area contributed by atoms with Crippen LogP contribution in [0.25, 0.3) is 11.2 Å². The minimum Gasteiger partial charge on any atom is -0.480 e. The second-order valence-electron chi connectivity index (χ2n) is 8.38. The lowest BCUT2D eigenvalue weighted by molar-refractivity contribution is -0.385. The molecule has 0 bridgehead atoms. The number of carboxylic acids is 1. The Morgan fingerprint density at radius 3 is 2.72 bits per heavy atom. The molecule has 3 heterocycles. The van der Waals surface area contributed by atoms with Crippen molar-refractivity contribution in [1.29, 1.82) is 0 Å². The lowest BCUT2D eigenvalue weighted by Crippen LogP contribution is -2.38. The summed E-state index contributed by atoms with van der Waals surface area (Å²) in [6.07, 6.45) is -1.67. The van der Waals surface area contributed by atoms with Crippen molar-refractivity contribution in [3.63, 3.8) is 0 Å². The van der Waals surface area contributed by atoms with Crippen LogP contribution in [0.3, 0.4) is 0 Å². The van der Waals surface area contributed by atoms with Crippen LogP contribution in [0.2, 0.25) is 0 Å². The molecular weight excluding hydrogens is 494 g/mol. The first-order valence-corrected chi connectivity index (χ1v) is 12.7. The third-order valence-electron chi connectivity index (χ3n) is 5.98. The van der Waals surface area contributed by atoms with Gasteiger partial charge in [0.2, 0.25) is 0 Å². The molecule has 6 atom stereocenters. The van der Waals surface area contributed by atoms with E-state index in [0.717, 1.165) is 0 Å². The Morgan fingerprint density at radius 1 is 1.25 bits per heavy atom. The van der Waals surface area contributed by atoms with Crippen LogP contribution in [-0.2, 0) is 26.2 Å². The molecule has 7 N–H and O–H groups in total. The predicted molar refractivity (Wildman–Crippen MR) is 130 cm³/mol. The first kappa shape index (κ1) is 25.7. The fourth-order valence-corrected chi connectivity index (χ4v) is 6.49. The quantitative estimate of drug-likeness (QED) is 0.130. The van der Waals surface area contributed by atoms with Crippen LogP contribution < -0.4 is 11.5 Å². The zero-order chi connectivity index (χ0) is 26.0. The monoisotopic (exact) mass is 520 g/mol. The molecule has 0 saturated carbocycles. The van der Waals surface area contributed by atoms with Crippen molar-refractivity contribution in [2.45, 2.75) is 42.8 Å². The first-order chi connectivity index (χ1) is 17.2. The van der Waals surface area contributed by atoms with Gasteiger partial charge in [-0.3, -0.25) is 19.5 Å². The van der Waals surface area contributed by atoms with Gasteiger partial charge in [-0.2, -0.15) is 0 Å². The van der Waals surface area contributed by atoms with Gasteiger partial charge in [-0.15, -0.1) is 0 Å². The van der Waals surface area contributed by atoms with Crippen LogP contribution >= 0.6 is 0 Å². The molecule has 0 aliphatic carbocycles. The van der Waals surface area contributed by atoms with E-state index in [4.69, 9.17) is 16.2 Å². The number of nitro groups is 1. The molecule has 1 aliphatic heterocycles. The number of aromatic nitrogens is 4. The van der Waals surface area contributed by atoms with E-state index in [0.29, 0.717) is 22.5 Å². The summed E-state index contributed by atoms with van der Waals surface area (Å²) in [6.45, 7) is 0. The molecule has 192 valence electrons. The number of aliphatic hydroxyl groups excluding tert-OH is 2. The molecule has 1 aliphatic rings. The number of nitro benzene ring substituents is 1. The van der Waals surface area contributed by atoms with Crippen molar-refractivity contribution in [3.8, 4) is 0 Å². The molecule has 0 radical (unpaired) electrons. The molecule has 3 aromatic rings. The number of anilines is 1. The highest BCUT2D eigenvalue weighted by Crippen LogP contribution is 2.34. The van der Waals surface area contributed by atoms with E-state index in [1.165, 1.54) is 23.3 Å². The average molecular weight is 521 g/mol. The van der Waals surface area contributed by atoms with Crippen molar-refractivity contribution in [1.82, 2.24) is 19.5 Å². The minimum atomic E-state index is -1.32. The van der Waals surface area contributed by atoms with Gasteiger partial charge >= 0.3 is 5.97 Å². The minimum absolute atomic E-state index is 0.0505. The van der Waals surface area contributed by atoms with Crippen molar-refractivity contribution < 1.29 is 29.8 Å². The normalized spacial score (nSPS) is 23.5. The van der Waals surface area contributed by atoms with Crippen molar-refractivity contribution in [2.24, 2.45) is 5.73 Å². The Bertz CT molecular complexity index is 1260. The number of ether oxygens (including phenoxy) is 1. The molecule has 0 spiro atoms. The van der Waals surface area contributed by atoms with Gasteiger partial charge in [-0.05, 0) is 17.0 Å². The maximum atomic E-state index is 11.5. The van der Waals surface area contributed by atoms with Crippen LogP contribution in [0.4, 0.5) is 11.5 Å². The first-order valence-electron chi connectivity index (χ1n) is 11.0. The molecule has 1 fully saturated rings. The van der Waals surface area contributed by atoms with E-state index < -0.39 is 52.4 Å². The Kier molecular flexibility index (Phi) is 7.65. The van der Waals surface area contributed by atoms with Gasteiger partial charge in [0.25, 0.3) is 5.69 Å². The fraction of sp³-hybridized carbons (Fsp3) is 0.429. The largest absolute Gasteiger partial charge is 0.480 e. The number of imidazole rings is 1. The van der Waals surface area contributed by atoms with E-state index in [1.54, 1.807) is 18.2 Å². The Balaban J connectivity index is 1.56. The van der Waals surface area contributed by atoms with Crippen LogP contribution in [-0.4, -0.2) is 81.6 Å². The fourth-order valence-electron chi connectivity index (χ4n) is 4.05. The lowest BCUT2D eigenvalue weighted by atomic mass is 10.1. The third kappa shape index (κ3) is 5.24. The summed E-state index contributed by atoms with van der Waals surface area (Å²) in [7, 11) is -0.672. The highest BCUT2D eigenvalue weighted by Gasteiger charge is 2.47. The SMILES string of the molecule is Nc1ncnc2c1ncn2[C@@H]1O[C@H](C[S+](CC[C@@H](N)C(=O)O)Cc2ccccc2[N+](=O)[O-])[C@@H](O)[C@H]1O. The molecule has 36 heavy (non-hydrogen) atoms. The summed E-state index contributed by atoms with van der Waals surface area (Å²) >= 11 is 0. The predicted octanol–water partition coefficient (Wildman–Crippen LogP) is -0.444. The van der Waals surface area contributed by atoms with Gasteiger partial charge in [0.05, 0.1) is 16.8 Å². The molecule has 0 amide bonds. The second-order valence-corrected chi connectivity index (χ2v) is 10.6.